The van der Waals surface area contributed by atoms with E-state index < -0.39 is 0 Å². The lowest BCUT2D eigenvalue weighted by atomic mass is 10.0. The van der Waals surface area contributed by atoms with E-state index >= 15 is 0 Å². The molecule has 0 bridgehead atoms. The molecule has 0 aromatic rings. The molecule has 1 atom stereocenters. The number of hydrogen-bond donors (Lipinski definition) is 1. The third kappa shape index (κ3) is 3.66. The molecule has 14 heavy (non-hydrogen) atoms. The van der Waals surface area contributed by atoms with Gasteiger partial charge in [-0.3, -0.25) is 4.79 Å². The van der Waals surface area contributed by atoms with Gasteiger partial charge in [0.1, 0.15) is 0 Å². The number of carbonyl (C=O) groups is 1. The van der Waals surface area contributed by atoms with Gasteiger partial charge in [-0.25, -0.2) is 0 Å². The molecule has 82 valence electrons. The van der Waals surface area contributed by atoms with E-state index in [1.54, 1.807) is 0 Å². The van der Waals surface area contributed by atoms with Gasteiger partial charge < -0.3 is 10.2 Å². The SMILES string of the molecule is CC(C)CCNC1CCC(=O)N(C)C1. The molecule has 0 spiro atoms. The van der Waals surface area contributed by atoms with Crippen LogP contribution in [0.3, 0.4) is 0 Å². The molecule has 0 aromatic carbocycles. The zero-order chi connectivity index (χ0) is 10.6. The van der Waals surface area contributed by atoms with Crippen LogP contribution in [-0.2, 0) is 4.79 Å². The average Bonchev–Trinajstić information content (AvgIpc) is 2.10. The zero-order valence-electron chi connectivity index (χ0n) is 9.55. The molecule has 1 aliphatic heterocycles. The number of rotatable bonds is 4. The highest BCUT2D eigenvalue weighted by Gasteiger charge is 2.21. The van der Waals surface area contributed by atoms with Crippen LogP contribution in [0.5, 0.6) is 0 Å². The predicted molar refractivity (Wildman–Crippen MR) is 58.1 cm³/mol. The summed E-state index contributed by atoms with van der Waals surface area (Å²) in [5, 5.41) is 3.51. The fraction of sp³-hybridized carbons (Fsp3) is 0.909. The van der Waals surface area contributed by atoms with Crippen LogP contribution >= 0.6 is 0 Å². The molecule has 1 amide bonds. The van der Waals surface area contributed by atoms with Gasteiger partial charge in [-0.05, 0) is 25.3 Å². The van der Waals surface area contributed by atoms with Crippen molar-refractivity contribution in [3.8, 4) is 0 Å². The first-order valence-electron chi connectivity index (χ1n) is 5.57. The molecular weight excluding hydrogens is 176 g/mol. The van der Waals surface area contributed by atoms with Crippen molar-refractivity contribution in [2.45, 2.75) is 39.2 Å². The maximum Gasteiger partial charge on any atom is 0.222 e. The van der Waals surface area contributed by atoms with Gasteiger partial charge in [0.25, 0.3) is 0 Å². The fourth-order valence-corrected chi connectivity index (χ4v) is 1.75. The van der Waals surface area contributed by atoms with Crippen molar-refractivity contribution in [1.82, 2.24) is 10.2 Å². The van der Waals surface area contributed by atoms with E-state index in [9.17, 15) is 4.79 Å². The third-order valence-electron chi connectivity index (χ3n) is 2.78. The Morgan fingerprint density at radius 1 is 1.57 bits per heavy atom. The molecule has 3 heteroatoms. The van der Waals surface area contributed by atoms with E-state index in [-0.39, 0.29) is 5.91 Å². The molecule has 1 heterocycles. The Morgan fingerprint density at radius 2 is 2.29 bits per heavy atom. The van der Waals surface area contributed by atoms with Gasteiger partial charge in [0.2, 0.25) is 5.91 Å². The third-order valence-corrected chi connectivity index (χ3v) is 2.78. The van der Waals surface area contributed by atoms with E-state index in [2.05, 4.69) is 19.2 Å². The second kappa shape index (κ2) is 5.35. The monoisotopic (exact) mass is 198 g/mol. The molecule has 3 nitrogen and oxygen atoms in total. The van der Waals surface area contributed by atoms with E-state index in [1.165, 1.54) is 6.42 Å². The lowest BCUT2D eigenvalue weighted by molar-refractivity contribution is -0.132. The van der Waals surface area contributed by atoms with Crippen LogP contribution in [0.2, 0.25) is 0 Å². The van der Waals surface area contributed by atoms with Crippen LogP contribution in [-0.4, -0.2) is 37.0 Å². The van der Waals surface area contributed by atoms with Crippen LogP contribution in [0.1, 0.15) is 33.1 Å². The Morgan fingerprint density at radius 3 is 2.86 bits per heavy atom. The first-order chi connectivity index (χ1) is 6.59. The van der Waals surface area contributed by atoms with Gasteiger partial charge in [0, 0.05) is 26.1 Å². The Bertz CT molecular complexity index is 192. The normalized spacial score (nSPS) is 23.3. The summed E-state index contributed by atoms with van der Waals surface area (Å²) in [7, 11) is 1.89. The number of piperidine rings is 1. The van der Waals surface area contributed by atoms with Gasteiger partial charge in [-0.15, -0.1) is 0 Å². The molecule has 0 radical (unpaired) electrons. The maximum atomic E-state index is 11.2. The van der Waals surface area contributed by atoms with Crippen LogP contribution in [0, 0.1) is 5.92 Å². The number of hydrogen-bond acceptors (Lipinski definition) is 2. The second-order valence-corrected chi connectivity index (χ2v) is 4.65. The Balaban J connectivity index is 2.17. The minimum Gasteiger partial charge on any atom is -0.344 e. The van der Waals surface area contributed by atoms with Crippen molar-refractivity contribution in [2.75, 3.05) is 20.1 Å². The lowest BCUT2D eigenvalue weighted by Crippen LogP contribution is -2.46. The molecule has 1 aliphatic rings. The molecule has 0 aromatic heterocycles. The van der Waals surface area contributed by atoms with E-state index in [1.807, 2.05) is 11.9 Å². The van der Waals surface area contributed by atoms with Crippen LogP contribution < -0.4 is 5.32 Å². The summed E-state index contributed by atoms with van der Waals surface area (Å²) < 4.78 is 0. The van der Waals surface area contributed by atoms with E-state index in [4.69, 9.17) is 0 Å². The minimum absolute atomic E-state index is 0.284. The standard InChI is InChI=1S/C11H22N2O/c1-9(2)6-7-12-10-4-5-11(14)13(3)8-10/h9-10,12H,4-8H2,1-3H3. The van der Waals surface area contributed by atoms with Crippen molar-refractivity contribution in [1.29, 1.82) is 0 Å². The number of amides is 1. The second-order valence-electron chi connectivity index (χ2n) is 4.65. The van der Waals surface area contributed by atoms with Crippen molar-refractivity contribution < 1.29 is 4.79 Å². The van der Waals surface area contributed by atoms with Crippen molar-refractivity contribution in [2.24, 2.45) is 5.92 Å². The molecule has 1 rings (SSSR count). The molecule has 1 saturated heterocycles. The van der Waals surface area contributed by atoms with Gasteiger partial charge >= 0.3 is 0 Å². The summed E-state index contributed by atoms with van der Waals surface area (Å²) in [6.45, 7) is 6.41. The molecular formula is C11H22N2O. The highest BCUT2D eigenvalue weighted by molar-refractivity contribution is 5.76. The Hall–Kier alpha value is -0.570. The lowest BCUT2D eigenvalue weighted by Gasteiger charge is -2.30. The Kier molecular flexibility index (Phi) is 4.39. The fourth-order valence-electron chi connectivity index (χ4n) is 1.75. The van der Waals surface area contributed by atoms with Gasteiger partial charge in [0.15, 0.2) is 0 Å². The molecule has 1 N–H and O–H groups in total. The van der Waals surface area contributed by atoms with Crippen molar-refractivity contribution in [3.63, 3.8) is 0 Å². The summed E-state index contributed by atoms with van der Waals surface area (Å²) >= 11 is 0. The van der Waals surface area contributed by atoms with Gasteiger partial charge in [-0.2, -0.15) is 0 Å². The first kappa shape index (κ1) is 11.5. The smallest absolute Gasteiger partial charge is 0.222 e. The maximum absolute atomic E-state index is 11.2. The van der Waals surface area contributed by atoms with Crippen molar-refractivity contribution in [3.05, 3.63) is 0 Å². The average molecular weight is 198 g/mol. The highest BCUT2D eigenvalue weighted by Crippen LogP contribution is 2.09. The van der Waals surface area contributed by atoms with Crippen LogP contribution in [0.25, 0.3) is 0 Å². The number of nitrogens with zero attached hydrogens (tertiary/aromatic N) is 1. The number of likely N-dealkylation sites (N-methyl/N-ethyl adjacent to an activating group) is 1. The van der Waals surface area contributed by atoms with Gasteiger partial charge in [0.05, 0.1) is 0 Å². The van der Waals surface area contributed by atoms with Crippen LogP contribution in [0.4, 0.5) is 0 Å². The molecule has 0 saturated carbocycles. The quantitative estimate of drug-likeness (QED) is 0.737. The topological polar surface area (TPSA) is 32.3 Å². The van der Waals surface area contributed by atoms with E-state index in [0.29, 0.717) is 12.5 Å². The number of carbonyl (C=O) groups excluding carboxylic acids is 1. The zero-order valence-corrected chi connectivity index (χ0v) is 9.55. The summed E-state index contributed by atoms with van der Waals surface area (Å²) in [5.41, 5.74) is 0. The van der Waals surface area contributed by atoms with Gasteiger partial charge in [-0.1, -0.05) is 13.8 Å². The molecule has 1 unspecified atom stereocenters. The molecule has 0 aliphatic carbocycles. The summed E-state index contributed by atoms with van der Waals surface area (Å²) in [4.78, 5) is 13.0. The molecule has 1 fully saturated rings. The van der Waals surface area contributed by atoms with Crippen LogP contribution in [0.15, 0.2) is 0 Å². The highest BCUT2D eigenvalue weighted by atomic mass is 16.2. The number of likely N-dealkylation sites (tertiary alicyclic amines) is 1. The minimum atomic E-state index is 0.284. The number of nitrogens with one attached hydrogen (secondary N) is 1. The summed E-state index contributed by atoms with van der Waals surface area (Å²) in [6, 6.07) is 0.511. The summed E-state index contributed by atoms with van der Waals surface area (Å²) in [6.07, 6.45) is 2.92. The van der Waals surface area contributed by atoms with E-state index in [0.717, 1.165) is 25.4 Å². The predicted octanol–water partition coefficient (Wildman–Crippen LogP) is 1.24. The largest absolute Gasteiger partial charge is 0.344 e. The summed E-state index contributed by atoms with van der Waals surface area (Å²) in [5.74, 6) is 1.04. The Labute approximate surface area is 86.9 Å². The van der Waals surface area contributed by atoms with Crippen molar-refractivity contribution >= 4 is 5.91 Å². The first-order valence-corrected chi connectivity index (χ1v) is 5.57.